The predicted octanol–water partition coefficient (Wildman–Crippen LogP) is 0.352. The fourth-order valence-corrected chi connectivity index (χ4v) is 3.83. The highest BCUT2D eigenvalue weighted by molar-refractivity contribution is 7.89. The molecular weight excluding hydrogens is 340 g/mol. The van der Waals surface area contributed by atoms with Crippen molar-refractivity contribution in [2.24, 2.45) is 0 Å². The van der Waals surface area contributed by atoms with Gasteiger partial charge in [-0.25, -0.2) is 13.1 Å². The quantitative estimate of drug-likeness (QED) is 0.647. The summed E-state index contributed by atoms with van der Waals surface area (Å²) in [6, 6.07) is 5.94. The van der Waals surface area contributed by atoms with E-state index in [1.807, 2.05) is 0 Å². The minimum Gasteiger partial charge on any atom is -0.355 e. The van der Waals surface area contributed by atoms with Gasteiger partial charge in [-0.2, -0.15) is 0 Å². The number of unbranched alkanes of at least 4 members (excludes halogenated alkanes) is 1. The van der Waals surface area contributed by atoms with Crippen LogP contribution in [0, 0.1) is 0 Å². The number of carbonyl (C=O) groups excluding carboxylic acids is 1. The molecule has 0 radical (unpaired) electrons. The van der Waals surface area contributed by atoms with E-state index in [4.69, 9.17) is 0 Å². The lowest BCUT2D eigenvalue weighted by atomic mass is 10.2. The fraction of sp³-hybridized carbons (Fsp3) is 0.588. The Kier molecular flexibility index (Phi) is 7.37. The molecule has 0 saturated carbocycles. The molecule has 1 aromatic rings. The van der Waals surface area contributed by atoms with E-state index in [1.54, 1.807) is 0 Å². The molecule has 1 aliphatic rings. The molecular formula is C17H28N4O3S. The van der Waals surface area contributed by atoms with Crippen molar-refractivity contribution in [1.29, 1.82) is 0 Å². The molecule has 1 aromatic carbocycles. The maximum absolute atomic E-state index is 12.3. The van der Waals surface area contributed by atoms with E-state index in [2.05, 4.69) is 26.9 Å². The summed E-state index contributed by atoms with van der Waals surface area (Å²) in [5.74, 6) is -0.235. The number of sulfonamides is 1. The molecule has 1 aliphatic heterocycles. The van der Waals surface area contributed by atoms with Crippen molar-refractivity contribution < 1.29 is 13.2 Å². The molecule has 0 bridgehead atoms. The zero-order chi connectivity index (χ0) is 18.3. The molecule has 0 spiro atoms. The second-order valence-electron chi connectivity index (χ2n) is 6.35. The van der Waals surface area contributed by atoms with Crippen LogP contribution in [0.25, 0.3) is 0 Å². The number of amides is 1. The maximum Gasteiger partial charge on any atom is 0.251 e. The number of hydrogen-bond donors (Lipinski definition) is 2. The number of rotatable bonds is 8. The van der Waals surface area contributed by atoms with Gasteiger partial charge in [0.15, 0.2) is 0 Å². The summed E-state index contributed by atoms with van der Waals surface area (Å²) in [6.45, 7) is 5.79. The molecule has 2 N–H and O–H groups in total. The summed E-state index contributed by atoms with van der Waals surface area (Å²) in [7, 11) is 0.147. The van der Waals surface area contributed by atoms with E-state index >= 15 is 0 Å². The number of piperazine rings is 1. The molecule has 0 aliphatic carbocycles. The monoisotopic (exact) mass is 368 g/mol. The number of likely N-dealkylation sites (N-methyl/N-ethyl adjacent to an activating group) is 1. The summed E-state index contributed by atoms with van der Waals surface area (Å²) >= 11 is 0. The molecule has 0 aromatic heterocycles. The topological polar surface area (TPSA) is 81.7 Å². The van der Waals surface area contributed by atoms with Gasteiger partial charge in [0.1, 0.15) is 0 Å². The Morgan fingerprint density at radius 3 is 2.32 bits per heavy atom. The van der Waals surface area contributed by atoms with Gasteiger partial charge in [-0.15, -0.1) is 0 Å². The summed E-state index contributed by atoms with van der Waals surface area (Å²) in [5, 5.41) is 2.51. The number of nitrogens with zero attached hydrogens (tertiary/aromatic N) is 2. The van der Waals surface area contributed by atoms with Gasteiger partial charge in [-0.05, 0) is 50.7 Å². The maximum atomic E-state index is 12.3. The van der Waals surface area contributed by atoms with Crippen LogP contribution in [0.15, 0.2) is 29.2 Å². The van der Waals surface area contributed by atoms with Crippen molar-refractivity contribution in [2.75, 3.05) is 53.4 Å². The second-order valence-corrected chi connectivity index (χ2v) is 8.12. The van der Waals surface area contributed by atoms with Crippen LogP contribution in [0.2, 0.25) is 0 Å². The van der Waals surface area contributed by atoms with Gasteiger partial charge in [0, 0.05) is 45.3 Å². The van der Waals surface area contributed by atoms with Crippen LogP contribution >= 0.6 is 0 Å². The zero-order valence-electron chi connectivity index (χ0n) is 15.0. The molecule has 0 unspecified atom stereocenters. The Bertz CT molecular complexity index is 653. The van der Waals surface area contributed by atoms with Gasteiger partial charge in [0.2, 0.25) is 10.0 Å². The van der Waals surface area contributed by atoms with E-state index in [0.717, 1.165) is 45.6 Å². The summed E-state index contributed by atoms with van der Waals surface area (Å²) in [5.41, 5.74) is 0.439. The first-order chi connectivity index (χ1) is 11.9. The largest absolute Gasteiger partial charge is 0.355 e. The number of benzene rings is 1. The average Bonchev–Trinajstić information content (AvgIpc) is 2.62. The van der Waals surface area contributed by atoms with Gasteiger partial charge >= 0.3 is 0 Å². The van der Waals surface area contributed by atoms with Crippen molar-refractivity contribution in [2.45, 2.75) is 17.7 Å². The summed E-state index contributed by atoms with van der Waals surface area (Å²) in [4.78, 5) is 16.4. The predicted molar refractivity (Wildman–Crippen MR) is 98.2 cm³/mol. The highest BCUT2D eigenvalue weighted by Gasteiger charge is 2.15. The van der Waals surface area contributed by atoms with E-state index < -0.39 is 10.0 Å². The van der Waals surface area contributed by atoms with Crippen molar-refractivity contribution in [3.05, 3.63) is 29.8 Å². The van der Waals surface area contributed by atoms with Gasteiger partial charge in [0.05, 0.1) is 4.90 Å². The van der Waals surface area contributed by atoms with Crippen LogP contribution in [0.1, 0.15) is 23.2 Å². The highest BCUT2D eigenvalue weighted by atomic mass is 32.2. The van der Waals surface area contributed by atoms with Crippen LogP contribution in [-0.4, -0.2) is 77.5 Å². The number of carbonyl (C=O) groups is 1. The van der Waals surface area contributed by atoms with Gasteiger partial charge < -0.3 is 15.1 Å². The van der Waals surface area contributed by atoms with E-state index in [1.165, 1.54) is 31.3 Å². The Balaban J connectivity index is 1.73. The fourth-order valence-electron chi connectivity index (χ4n) is 2.75. The lowest BCUT2D eigenvalue weighted by Crippen LogP contribution is -2.44. The minimum absolute atomic E-state index is 0.180. The standard InChI is InChI=1S/C17H28N4O3S/c1-18-17(22)15-5-7-16(8-6-15)25(23,24)19-9-3-4-10-21-13-11-20(2)12-14-21/h5-8,19H,3-4,9-14H2,1-2H3,(H,18,22). The SMILES string of the molecule is CNC(=O)c1ccc(S(=O)(=O)NCCCCN2CCN(C)CC2)cc1. The van der Waals surface area contributed by atoms with Crippen LogP contribution < -0.4 is 10.0 Å². The van der Waals surface area contributed by atoms with Crippen LogP contribution in [-0.2, 0) is 10.0 Å². The lowest BCUT2D eigenvalue weighted by molar-refractivity contribution is 0.0963. The smallest absolute Gasteiger partial charge is 0.251 e. The van der Waals surface area contributed by atoms with Gasteiger partial charge in [-0.3, -0.25) is 4.79 Å². The first kappa shape index (κ1) is 19.8. The van der Waals surface area contributed by atoms with Gasteiger partial charge in [-0.1, -0.05) is 0 Å². The second kappa shape index (κ2) is 9.28. The Morgan fingerprint density at radius 2 is 1.72 bits per heavy atom. The average molecular weight is 369 g/mol. The molecule has 1 saturated heterocycles. The first-order valence-electron chi connectivity index (χ1n) is 8.65. The molecule has 0 atom stereocenters. The first-order valence-corrected chi connectivity index (χ1v) is 10.1. The summed E-state index contributed by atoms with van der Waals surface area (Å²) < 4.78 is 27.1. The number of hydrogen-bond acceptors (Lipinski definition) is 5. The molecule has 7 nitrogen and oxygen atoms in total. The third kappa shape index (κ3) is 6.07. The van der Waals surface area contributed by atoms with E-state index in [0.29, 0.717) is 12.1 Å². The number of nitrogens with one attached hydrogen (secondary N) is 2. The van der Waals surface area contributed by atoms with Crippen LogP contribution in [0.5, 0.6) is 0 Å². The normalized spacial score (nSPS) is 16.7. The van der Waals surface area contributed by atoms with E-state index in [-0.39, 0.29) is 10.8 Å². The zero-order valence-corrected chi connectivity index (χ0v) is 15.8. The van der Waals surface area contributed by atoms with Crippen LogP contribution in [0.4, 0.5) is 0 Å². The van der Waals surface area contributed by atoms with Gasteiger partial charge in [0.25, 0.3) is 5.91 Å². The molecule has 25 heavy (non-hydrogen) atoms. The molecule has 2 rings (SSSR count). The highest BCUT2D eigenvalue weighted by Crippen LogP contribution is 2.11. The summed E-state index contributed by atoms with van der Waals surface area (Å²) in [6.07, 6.45) is 1.78. The minimum atomic E-state index is -3.52. The molecule has 140 valence electrons. The van der Waals surface area contributed by atoms with E-state index in [9.17, 15) is 13.2 Å². The van der Waals surface area contributed by atoms with Crippen molar-refractivity contribution in [1.82, 2.24) is 19.8 Å². The molecule has 8 heteroatoms. The molecule has 1 amide bonds. The third-order valence-corrected chi connectivity index (χ3v) is 5.92. The van der Waals surface area contributed by atoms with Crippen molar-refractivity contribution >= 4 is 15.9 Å². The Hall–Kier alpha value is -1.48. The molecule has 1 heterocycles. The lowest BCUT2D eigenvalue weighted by Gasteiger charge is -2.32. The van der Waals surface area contributed by atoms with Crippen molar-refractivity contribution in [3.8, 4) is 0 Å². The van der Waals surface area contributed by atoms with Crippen LogP contribution in [0.3, 0.4) is 0 Å². The van der Waals surface area contributed by atoms with Crippen molar-refractivity contribution in [3.63, 3.8) is 0 Å². The Labute approximate surface area is 150 Å². The third-order valence-electron chi connectivity index (χ3n) is 4.44. The Morgan fingerprint density at radius 1 is 1.08 bits per heavy atom. The molecule has 1 fully saturated rings.